The van der Waals surface area contributed by atoms with E-state index in [0.29, 0.717) is 38.8 Å². The minimum Gasteiger partial charge on any atom is -0.385 e. The second kappa shape index (κ2) is 10.9. The summed E-state index contributed by atoms with van der Waals surface area (Å²) >= 11 is 0. The van der Waals surface area contributed by atoms with E-state index < -0.39 is 30.1 Å². The zero-order chi connectivity index (χ0) is 17.9. The molecule has 0 heterocycles. The van der Waals surface area contributed by atoms with E-state index in [1.54, 1.807) is 0 Å². The van der Waals surface area contributed by atoms with Gasteiger partial charge in [0.2, 0.25) is 5.91 Å². The number of ether oxygens (including phenoxy) is 1. The fraction of sp³-hybridized carbons (Fsp3) is 0.769. The van der Waals surface area contributed by atoms with Gasteiger partial charge in [-0.2, -0.15) is 13.2 Å². The van der Waals surface area contributed by atoms with Gasteiger partial charge in [0.1, 0.15) is 6.04 Å². The Hall–Kier alpha value is -1.68. The number of alkyl halides is 3. The van der Waals surface area contributed by atoms with E-state index in [4.69, 9.17) is 11.5 Å². The molecule has 0 rings (SSSR count). The van der Waals surface area contributed by atoms with E-state index in [0.717, 1.165) is 0 Å². The summed E-state index contributed by atoms with van der Waals surface area (Å²) in [4.78, 5) is 34.0. The number of unbranched alkanes of at least 4 members (excludes halogenated alkanes) is 2. The van der Waals surface area contributed by atoms with Crippen LogP contribution >= 0.6 is 0 Å². The van der Waals surface area contributed by atoms with Crippen LogP contribution in [0.1, 0.15) is 38.5 Å². The Balaban J connectivity index is 4.62. The van der Waals surface area contributed by atoms with Gasteiger partial charge in [0.05, 0.1) is 0 Å². The molecule has 0 saturated carbocycles. The molecular weight excluding hydrogens is 319 g/mol. The molecule has 0 unspecified atom stereocenters. The van der Waals surface area contributed by atoms with Crippen LogP contribution in [0.3, 0.4) is 0 Å². The van der Waals surface area contributed by atoms with Crippen molar-refractivity contribution in [2.75, 3.05) is 13.1 Å². The van der Waals surface area contributed by atoms with Crippen LogP contribution in [0.2, 0.25) is 0 Å². The first-order chi connectivity index (χ1) is 10.7. The summed E-state index contributed by atoms with van der Waals surface area (Å²) in [5.41, 5.74) is 10.6. The number of amides is 1. The molecule has 5 N–H and O–H groups in total. The Morgan fingerprint density at radius 2 is 1.57 bits per heavy atom. The Morgan fingerprint density at radius 1 is 1.00 bits per heavy atom. The van der Waals surface area contributed by atoms with Gasteiger partial charge in [0, 0.05) is 6.42 Å². The predicted molar refractivity (Wildman–Crippen MR) is 74.9 cm³/mol. The van der Waals surface area contributed by atoms with Gasteiger partial charge in [-0.3, -0.25) is 4.79 Å². The molecule has 0 aliphatic carbocycles. The monoisotopic (exact) mass is 341 g/mol. The highest BCUT2D eigenvalue weighted by molar-refractivity contribution is 5.92. The van der Waals surface area contributed by atoms with Crippen molar-refractivity contribution < 1.29 is 32.3 Å². The maximum absolute atomic E-state index is 12.1. The normalized spacial score (nSPS) is 12.6. The summed E-state index contributed by atoms with van der Waals surface area (Å²) in [6.45, 7) is 0.725. The standard InChI is InChI=1S/C13H22F3N3O4/c14-13(15,16)12(22)23-11(21)9(5-1-3-7-17)19-10(20)6-2-4-8-18/h9H,1-8,17-18H2,(H,19,20)/t9-/m0/s1. The molecule has 0 saturated heterocycles. The first-order valence-corrected chi connectivity index (χ1v) is 7.24. The fourth-order valence-electron chi connectivity index (χ4n) is 1.66. The van der Waals surface area contributed by atoms with Gasteiger partial charge in [-0.1, -0.05) is 0 Å². The molecule has 1 amide bonds. The number of halogens is 3. The number of carbonyl (C=O) groups excluding carboxylic acids is 3. The van der Waals surface area contributed by atoms with Gasteiger partial charge in [-0.25, -0.2) is 9.59 Å². The van der Waals surface area contributed by atoms with E-state index >= 15 is 0 Å². The maximum atomic E-state index is 12.1. The summed E-state index contributed by atoms with van der Waals surface area (Å²) in [7, 11) is 0. The number of esters is 2. The second-order valence-corrected chi connectivity index (χ2v) is 4.86. The van der Waals surface area contributed by atoms with Gasteiger partial charge in [0.25, 0.3) is 0 Å². The molecule has 1 atom stereocenters. The molecule has 0 fully saturated rings. The minimum absolute atomic E-state index is 0.0315. The van der Waals surface area contributed by atoms with Crippen LogP contribution in [0, 0.1) is 0 Å². The zero-order valence-electron chi connectivity index (χ0n) is 12.7. The van der Waals surface area contributed by atoms with E-state index in [9.17, 15) is 27.6 Å². The lowest BCUT2D eigenvalue weighted by Gasteiger charge is -2.17. The smallest absolute Gasteiger partial charge is 0.385 e. The van der Waals surface area contributed by atoms with E-state index in [1.165, 1.54) is 0 Å². The van der Waals surface area contributed by atoms with Gasteiger partial charge in [0.15, 0.2) is 0 Å². The Kier molecular flexibility index (Phi) is 10.1. The molecule has 0 radical (unpaired) electrons. The molecule has 0 spiro atoms. The molecule has 23 heavy (non-hydrogen) atoms. The van der Waals surface area contributed by atoms with Crippen molar-refractivity contribution in [1.82, 2.24) is 5.32 Å². The Morgan fingerprint density at radius 3 is 2.09 bits per heavy atom. The summed E-state index contributed by atoms with van der Waals surface area (Å²) in [5.74, 6) is -4.56. The minimum atomic E-state index is -5.28. The molecule has 0 aromatic rings. The lowest BCUT2D eigenvalue weighted by atomic mass is 10.1. The van der Waals surface area contributed by atoms with Gasteiger partial charge in [-0.05, 0) is 45.2 Å². The maximum Gasteiger partial charge on any atom is 0.491 e. The second-order valence-electron chi connectivity index (χ2n) is 4.86. The third-order valence-corrected chi connectivity index (χ3v) is 2.85. The number of hydrogen-bond acceptors (Lipinski definition) is 6. The van der Waals surface area contributed by atoms with Gasteiger partial charge in [-0.15, -0.1) is 0 Å². The van der Waals surface area contributed by atoms with E-state index in [-0.39, 0.29) is 12.8 Å². The first-order valence-electron chi connectivity index (χ1n) is 7.24. The molecule has 10 heteroatoms. The molecule has 0 aromatic heterocycles. The molecule has 134 valence electrons. The molecular formula is C13H22F3N3O4. The average molecular weight is 341 g/mol. The SMILES string of the molecule is NCCCCC(=O)N[C@@H](CCCCN)C(=O)OC(=O)C(F)(F)F. The highest BCUT2D eigenvalue weighted by Gasteiger charge is 2.43. The van der Waals surface area contributed by atoms with Gasteiger partial charge >= 0.3 is 18.1 Å². The number of nitrogens with two attached hydrogens (primary N) is 2. The number of rotatable bonds is 10. The highest BCUT2D eigenvalue weighted by Crippen LogP contribution is 2.17. The van der Waals surface area contributed by atoms with E-state index in [1.807, 2.05) is 0 Å². The van der Waals surface area contributed by atoms with Crippen LogP contribution in [-0.4, -0.2) is 43.2 Å². The summed E-state index contributed by atoms with van der Waals surface area (Å²) < 4.78 is 40.1. The molecule has 0 aliphatic rings. The predicted octanol–water partition coefficient (Wildman–Crippen LogP) is 0.361. The quantitative estimate of drug-likeness (QED) is 0.299. The third-order valence-electron chi connectivity index (χ3n) is 2.85. The molecule has 0 aromatic carbocycles. The molecule has 7 nitrogen and oxygen atoms in total. The fourth-order valence-corrected chi connectivity index (χ4v) is 1.66. The van der Waals surface area contributed by atoms with Crippen LogP contribution in [-0.2, 0) is 19.1 Å². The number of nitrogens with one attached hydrogen (secondary N) is 1. The average Bonchev–Trinajstić information content (AvgIpc) is 2.45. The summed E-state index contributed by atoms with van der Waals surface area (Å²) in [5, 5.41) is 2.28. The lowest BCUT2D eigenvalue weighted by molar-refractivity contribution is -0.202. The van der Waals surface area contributed by atoms with Crippen molar-refractivity contribution in [2.45, 2.75) is 50.7 Å². The topological polar surface area (TPSA) is 125 Å². The van der Waals surface area contributed by atoms with Crippen LogP contribution < -0.4 is 16.8 Å². The largest absolute Gasteiger partial charge is 0.491 e. The van der Waals surface area contributed by atoms with Crippen molar-refractivity contribution >= 4 is 17.8 Å². The van der Waals surface area contributed by atoms with Gasteiger partial charge < -0.3 is 21.5 Å². The Bertz CT molecular complexity index is 402. The van der Waals surface area contributed by atoms with Crippen LogP contribution in [0.4, 0.5) is 13.2 Å². The van der Waals surface area contributed by atoms with E-state index in [2.05, 4.69) is 10.1 Å². The summed E-state index contributed by atoms with van der Waals surface area (Å²) in [6, 6.07) is -1.32. The summed E-state index contributed by atoms with van der Waals surface area (Å²) in [6.07, 6.45) is -3.19. The zero-order valence-corrected chi connectivity index (χ0v) is 12.7. The highest BCUT2D eigenvalue weighted by atomic mass is 19.4. The van der Waals surface area contributed by atoms with Crippen molar-refractivity contribution in [3.63, 3.8) is 0 Å². The number of carbonyl (C=O) groups is 3. The Labute approximate surface area is 131 Å². The van der Waals surface area contributed by atoms with Crippen LogP contribution in [0.15, 0.2) is 0 Å². The van der Waals surface area contributed by atoms with Crippen LogP contribution in [0.25, 0.3) is 0 Å². The molecule has 0 aliphatic heterocycles. The van der Waals surface area contributed by atoms with Crippen molar-refractivity contribution in [3.05, 3.63) is 0 Å². The van der Waals surface area contributed by atoms with Crippen molar-refractivity contribution in [1.29, 1.82) is 0 Å². The van der Waals surface area contributed by atoms with Crippen molar-refractivity contribution in [3.8, 4) is 0 Å². The first kappa shape index (κ1) is 21.3. The number of hydrogen-bond donors (Lipinski definition) is 3. The van der Waals surface area contributed by atoms with Crippen LogP contribution in [0.5, 0.6) is 0 Å². The lowest BCUT2D eigenvalue weighted by Crippen LogP contribution is -2.44. The molecule has 0 bridgehead atoms. The van der Waals surface area contributed by atoms with Crippen molar-refractivity contribution in [2.24, 2.45) is 11.5 Å². The third kappa shape index (κ3) is 9.84.